The molecule has 0 unspecified atom stereocenters. The molecule has 1 aliphatic heterocycles. The van der Waals surface area contributed by atoms with Crippen molar-refractivity contribution in [2.75, 3.05) is 18.7 Å². The zero-order chi connectivity index (χ0) is 19.3. The van der Waals surface area contributed by atoms with Crippen LogP contribution in [0.15, 0.2) is 46.4 Å². The number of hydrogen-bond acceptors (Lipinski definition) is 7. The second kappa shape index (κ2) is 8.13. The molecule has 8 nitrogen and oxygen atoms in total. The highest BCUT2D eigenvalue weighted by atomic mass is 32.1. The summed E-state index contributed by atoms with van der Waals surface area (Å²) in [5.41, 5.74) is 1.64. The summed E-state index contributed by atoms with van der Waals surface area (Å²) >= 11 is 1.35. The predicted octanol–water partition coefficient (Wildman–Crippen LogP) is 3.28. The lowest BCUT2D eigenvalue weighted by atomic mass is 10.1. The van der Waals surface area contributed by atoms with E-state index in [1.54, 1.807) is 12.1 Å². The fourth-order valence-corrected chi connectivity index (χ4v) is 3.38. The van der Waals surface area contributed by atoms with Gasteiger partial charge in [0.2, 0.25) is 12.7 Å². The van der Waals surface area contributed by atoms with Crippen molar-refractivity contribution in [2.45, 2.75) is 12.8 Å². The first-order valence-electron chi connectivity index (χ1n) is 8.66. The van der Waals surface area contributed by atoms with Gasteiger partial charge in [0.15, 0.2) is 22.4 Å². The van der Waals surface area contributed by atoms with Gasteiger partial charge < -0.3 is 24.5 Å². The number of anilines is 1. The van der Waals surface area contributed by atoms with Gasteiger partial charge in [-0.3, -0.25) is 9.59 Å². The normalized spacial score (nSPS) is 12.0. The molecule has 0 radical (unpaired) electrons. The van der Waals surface area contributed by atoms with Crippen LogP contribution in [0.1, 0.15) is 23.4 Å². The van der Waals surface area contributed by atoms with Gasteiger partial charge >= 0.3 is 0 Å². The molecule has 0 bridgehead atoms. The van der Waals surface area contributed by atoms with Crippen molar-refractivity contribution in [1.82, 2.24) is 10.3 Å². The van der Waals surface area contributed by atoms with Crippen molar-refractivity contribution in [1.29, 1.82) is 0 Å². The third kappa shape index (κ3) is 4.15. The number of rotatable bonds is 7. The molecule has 9 heteroatoms. The first kappa shape index (κ1) is 18.1. The SMILES string of the molecule is O=C(CCCNC(=O)c1ccco1)Nc1nc(-c2ccc3c(c2)OCO3)cs1. The zero-order valence-corrected chi connectivity index (χ0v) is 15.6. The topological polar surface area (TPSA) is 103 Å². The molecule has 4 rings (SSSR count). The summed E-state index contributed by atoms with van der Waals surface area (Å²) in [5.74, 6) is 1.21. The lowest BCUT2D eigenvalue weighted by Crippen LogP contribution is -2.25. The fourth-order valence-electron chi connectivity index (χ4n) is 2.65. The van der Waals surface area contributed by atoms with E-state index in [1.807, 2.05) is 23.6 Å². The van der Waals surface area contributed by atoms with Crippen molar-refractivity contribution >= 4 is 28.3 Å². The van der Waals surface area contributed by atoms with Crippen LogP contribution in [-0.2, 0) is 4.79 Å². The first-order valence-corrected chi connectivity index (χ1v) is 9.54. The zero-order valence-electron chi connectivity index (χ0n) is 14.8. The van der Waals surface area contributed by atoms with Crippen LogP contribution >= 0.6 is 11.3 Å². The van der Waals surface area contributed by atoms with Crippen LogP contribution in [0, 0.1) is 0 Å². The molecule has 3 aromatic rings. The molecule has 0 atom stereocenters. The standard InChI is InChI=1S/C19H17N3O5S/c23-17(4-1-7-20-18(24)15-3-2-8-25-15)22-19-21-13(10-28-19)12-5-6-14-16(9-12)27-11-26-14/h2-3,5-6,8-10H,1,4,7,11H2,(H,20,24)(H,21,22,23). The fraction of sp³-hybridized carbons (Fsp3) is 0.211. The van der Waals surface area contributed by atoms with E-state index in [0.29, 0.717) is 29.6 Å². The minimum atomic E-state index is -0.293. The monoisotopic (exact) mass is 399 g/mol. The van der Waals surface area contributed by atoms with Crippen molar-refractivity contribution in [2.24, 2.45) is 0 Å². The van der Waals surface area contributed by atoms with E-state index in [1.165, 1.54) is 17.6 Å². The Morgan fingerprint density at radius 2 is 2.07 bits per heavy atom. The Kier molecular flexibility index (Phi) is 5.24. The molecule has 2 aromatic heterocycles. The third-order valence-corrected chi connectivity index (χ3v) is 4.79. The van der Waals surface area contributed by atoms with E-state index in [4.69, 9.17) is 13.9 Å². The molecule has 2 amide bonds. The second-order valence-electron chi connectivity index (χ2n) is 5.99. The van der Waals surface area contributed by atoms with Crippen LogP contribution in [0.4, 0.5) is 5.13 Å². The molecular formula is C19H17N3O5S. The average molecular weight is 399 g/mol. The summed E-state index contributed by atoms with van der Waals surface area (Å²) in [6, 6.07) is 8.84. The molecule has 144 valence electrons. The van der Waals surface area contributed by atoms with Crippen molar-refractivity contribution < 1.29 is 23.5 Å². The van der Waals surface area contributed by atoms with Crippen molar-refractivity contribution in [3.8, 4) is 22.8 Å². The highest BCUT2D eigenvalue weighted by Gasteiger charge is 2.15. The number of ether oxygens (including phenoxy) is 2. The summed E-state index contributed by atoms with van der Waals surface area (Å²) in [7, 11) is 0. The second-order valence-corrected chi connectivity index (χ2v) is 6.85. The maximum absolute atomic E-state index is 12.1. The van der Waals surface area contributed by atoms with E-state index < -0.39 is 0 Å². The van der Waals surface area contributed by atoms with Gasteiger partial charge in [0.25, 0.3) is 5.91 Å². The van der Waals surface area contributed by atoms with Gasteiger partial charge in [-0.1, -0.05) is 0 Å². The number of furan rings is 1. The van der Waals surface area contributed by atoms with Gasteiger partial charge in [0, 0.05) is 23.9 Å². The Balaban J connectivity index is 1.24. The number of hydrogen-bond donors (Lipinski definition) is 2. The molecule has 0 fully saturated rings. The number of amides is 2. The lowest BCUT2D eigenvalue weighted by Gasteiger charge is -2.04. The minimum absolute atomic E-state index is 0.154. The average Bonchev–Trinajstić information content (AvgIpc) is 3.45. The van der Waals surface area contributed by atoms with Gasteiger partial charge in [-0.25, -0.2) is 4.98 Å². The van der Waals surface area contributed by atoms with Crippen molar-refractivity contribution in [3.05, 3.63) is 47.7 Å². The number of carbonyl (C=O) groups is 2. The molecule has 0 saturated carbocycles. The summed E-state index contributed by atoms with van der Waals surface area (Å²) in [5, 5.41) is 7.88. The Morgan fingerprint density at radius 3 is 2.93 bits per heavy atom. The molecule has 0 spiro atoms. The quantitative estimate of drug-likeness (QED) is 0.591. The Bertz CT molecular complexity index is 983. The largest absolute Gasteiger partial charge is 0.459 e. The molecule has 3 heterocycles. The van der Waals surface area contributed by atoms with Crippen LogP contribution in [0.5, 0.6) is 11.5 Å². The third-order valence-electron chi connectivity index (χ3n) is 4.03. The van der Waals surface area contributed by atoms with Crippen LogP contribution in [0.3, 0.4) is 0 Å². The number of carbonyl (C=O) groups excluding carboxylic acids is 2. The number of nitrogens with zero attached hydrogens (tertiary/aromatic N) is 1. The lowest BCUT2D eigenvalue weighted by molar-refractivity contribution is -0.116. The summed E-state index contributed by atoms with van der Waals surface area (Å²) < 4.78 is 15.7. The Morgan fingerprint density at radius 1 is 1.18 bits per heavy atom. The Hall–Kier alpha value is -3.33. The van der Waals surface area contributed by atoms with E-state index >= 15 is 0 Å². The maximum atomic E-state index is 12.1. The van der Waals surface area contributed by atoms with Gasteiger partial charge in [0.1, 0.15) is 0 Å². The van der Waals surface area contributed by atoms with Crippen molar-refractivity contribution in [3.63, 3.8) is 0 Å². The van der Waals surface area contributed by atoms with Crippen LogP contribution in [0.25, 0.3) is 11.3 Å². The van der Waals surface area contributed by atoms with Gasteiger partial charge in [0.05, 0.1) is 12.0 Å². The molecule has 1 aromatic carbocycles. The summed E-state index contributed by atoms with van der Waals surface area (Å²) in [4.78, 5) is 28.2. The molecule has 0 saturated heterocycles. The van der Waals surface area contributed by atoms with Crippen LogP contribution < -0.4 is 20.1 Å². The molecule has 28 heavy (non-hydrogen) atoms. The first-order chi connectivity index (χ1) is 13.7. The number of benzene rings is 1. The van der Waals surface area contributed by atoms with E-state index in [9.17, 15) is 9.59 Å². The van der Waals surface area contributed by atoms with Gasteiger partial charge in [-0.05, 0) is 36.8 Å². The van der Waals surface area contributed by atoms with Crippen LogP contribution in [0.2, 0.25) is 0 Å². The number of aromatic nitrogens is 1. The van der Waals surface area contributed by atoms with E-state index in [0.717, 1.165) is 11.3 Å². The summed E-state index contributed by atoms with van der Waals surface area (Å²) in [6.07, 6.45) is 2.23. The van der Waals surface area contributed by atoms with Gasteiger partial charge in [-0.2, -0.15) is 0 Å². The number of thiazole rings is 1. The number of fused-ring (bicyclic) bond motifs is 1. The van der Waals surface area contributed by atoms with Gasteiger partial charge in [-0.15, -0.1) is 11.3 Å². The molecule has 2 N–H and O–H groups in total. The molecule has 1 aliphatic rings. The van der Waals surface area contributed by atoms with E-state index in [2.05, 4.69) is 15.6 Å². The highest BCUT2D eigenvalue weighted by molar-refractivity contribution is 7.14. The smallest absolute Gasteiger partial charge is 0.286 e. The number of nitrogens with one attached hydrogen (secondary N) is 2. The molecule has 0 aliphatic carbocycles. The maximum Gasteiger partial charge on any atom is 0.286 e. The predicted molar refractivity (Wildman–Crippen MR) is 103 cm³/mol. The van der Waals surface area contributed by atoms with E-state index in [-0.39, 0.29) is 30.8 Å². The minimum Gasteiger partial charge on any atom is -0.459 e. The highest BCUT2D eigenvalue weighted by Crippen LogP contribution is 2.36. The van der Waals surface area contributed by atoms with Crippen LogP contribution in [-0.4, -0.2) is 30.1 Å². The Labute approximate surface area is 164 Å². The summed E-state index contributed by atoms with van der Waals surface area (Å²) in [6.45, 7) is 0.604. The molecular weight excluding hydrogens is 382 g/mol.